The molecule has 6 heteroatoms. The number of aromatic amines is 1. The van der Waals surface area contributed by atoms with Gasteiger partial charge in [0, 0.05) is 17.5 Å². The molecule has 0 spiro atoms. The second-order valence-electron chi connectivity index (χ2n) is 5.13. The van der Waals surface area contributed by atoms with E-state index in [9.17, 15) is 4.79 Å². The van der Waals surface area contributed by atoms with E-state index in [0.717, 1.165) is 29.4 Å². The number of hydrogen-bond acceptors (Lipinski definition) is 4. The molecule has 1 aliphatic carbocycles. The van der Waals surface area contributed by atoms with Crippen LogP contribution in [0.25, 0.3) is 0 Å². The van der Waals surface area contributed by atoms with E-state index in [-0.39, 0.29) is 5.69 Å². The van der Waals surface area contributed by atoms with E-state index in [1.165, 1.54) is 11.1 Å². The van der Waals surface area contributed by atoms with Crippen molar-refractivity contribution in [3.8, 4) is 0 Å². The second-order valence-corrected chi connectivity index (χ2v) is 6.17. The number of aromatic nitrogens is 3. The molecule has 0 bridgehead atoms. The van der Waals surface area contributed by atoms with Gasteiger partial charge in [0.15, 0.2) is 5.16 Å². The zero-order valence-electron chi connectivity index (χ0n) is 11.6. The van der Waals surface area contributed by atoms with E-state index in [4.69, 9.17) is 0 Å². The molecule has 0 radical (unpaired) electrons. The van der Waals surface area contributed by atoms with Crippen LogP contribution in [0.1, 0.15) is 30.0 Å². The minimum atomic E-state index is -0.0986. The molecule has 20 heavy (non-hydrogen) atoms. The Morgan fingerprint density at radius 3 is 2.95 bits per heavy atom. The van der Waals surface area contributed by atoms with Gasteiger partial charge in [0.25, 0.3) is 0 Å². The highest BCUT2D eigenvalue weighted by molar-refractivity contribution is 7.99. The van der Waals surface area contributed by atoms with Crippen LogP contribution in [0, 0.1) is 6.92 Å². The van der Waals surface area contributed by atoms with Crippen LogP contribution < -0.4 is 11.0 Å². The Hall–Kier alpha value is -1.53. The van der Waals surface area contributed by atoms with E-state index in [2.05, 4.69) is 40.6 Å². The average Bonchev–Trinajstić information content (AvgIpc) is 3.18. The van der Waals surface area contributed by atoms with Crippen molar-refractivity contribution in [1.29, 1.82) is 0 Å². The van der Waals surface area contributed by atoms with Crippen LogP contribution in [0.4, 0.5) is 0 Å². The molecule has 1 aromatic heterocycles. The van der Waals surface area contributed by atoms with Crippen LogP contribution in [0.5, 0.6) is 0 Å². The monoisotopic (exact) mass is 290 g/mol. The zero-order valence-corrected chi connectivity index (χ0v) is 12.5. The first-order chi connectivity index (χ1) is 9.69. The van der Waals surface area contributed by atoms with Gasteiger partial charge in [0.2, 0.25) is 0 Å². The molecule has 2 aromatic rings. The summed E-state index contributed by atoms with van der Waals surface area (Å²) in [6.45, 7) is 2.97. The first-order valence-electron chi connectivity index (χ1n) is 6.78. The third-order valence-corrected chi connectivity index (χ3v) is 4.43. The molecule has 3 rings (SSSR count). The molecule has 2 N–H and O–H groups in total. The molecular weight excluding hydrogens is 272 g/mol. The van der Waals surface area contributed by atoms with E-state index < -0.39 is 0 Å². The molecule has 1 heterocycles. The Bertz CT molecular complexity index is 672. The fourth-order valence-electron chi connectivity index (χ4n) is 2.24. The van der Waals surface area contributed by atoms with Crippen LogP contribution in [-0.4, -0.2) is 21.8 Å². The van der Waals surface area contributed by atoms with Crippen LogP contribution in [0.15, 0.2) is 33.0 Å². The normalized spacial score (nSPS) is 14.7. The number of hydrogen-bond donors (Lipinski definition) is 2. The number of nitrogens with zero attached hydrogens (tertiary/aromatic N) is 2. The highest BCUT2D eigenvalue weighted by atomic mass is 32.2. The van der Waals surface area contributed by atoms with Crippen molar-refractivity contribution in [2.45, 2.75) is 42.4 Å². The van der Waals surface area contributed by atoms with Gasteiger partial charge >= 0.3 is 5.69 Å². The SMILES string of the molecule is CNCc1ccc(Sc2n[nH]c(=O)n2C2CC2)cc1C. The maximum Gasteiger partial charge on any atom is 0.344 e. The van der Waals surface area contributed by atoms with E-state index in [1.807, 2.05) is 7.05 Å². The van der Waals surface area contributed by atoms with Gasteiger partial charge in [-0.1, -0.05) is 6.07 Å². The highest BCUT2D eigenvalue weighted by Gasteiger charge is 2.28. The summed E-state index contributed by atoms with van der Waals surface area (Å²) in [5.41, 5.74) is 2.44. The molecular formula is C14H18N4OS. The molecule has 1 aromatic carbocycles. The quantitative estimate of drug-likeness (QED) is 0.885. The number of rotatable bonds is 5. The number of benzene rings is 1. The third-order valence-electron chi connectivity index (χ3n) is 3.47. The highest BCUT2D eigenvalue weighted by Crippen LogP contribution is 2.37. The molecule has 0 saturated heterocycles. The van der Waals surface area contributed by atoms with Crippen molar-refractivity contribution in [2.24, 2.45) is 0 Å². The summed E-state index contributed by atoms with van der Waals surface area (Å²) in [6.07, 6.45) is 2.15. The van der Waals surface area contributed by atoms with Crippen molar-refractivity contribution in [2.75, 3.05) is 7.05 Å². The summed E-state index contributed by atoms with van der Waals surface area (Å²) in [6, 6.07) is 6.70. The number of aryl methyl sites for hydroxylation is 1. The van der Waals surface area contributed by atoms with Gasteiger partial charge in [0.1, 0.15) is 0 Å². The Balaban J connectivity index is 1.84. The lowest BCUT2D eigenvalue weighted by Crippen LogP contribution is -2.16. The predicted octanol–water partition coefficient (Wildman–Crippen LogP) is 2.09. The topological polar surface area (TPSA) is 62.7 Å². The number of nitrogens with one attached hydrogen (secondary N) is 2. The van der Waals surface area contributed by atoms with Crippen molar-refractivity contribution in [3.05, 3.63) is 39.8 Å². The Morgan fingerprint density at radius 2 is 2.30 bits per heavy atom. The fraction of sp³-hybridized carbons (Fsp3) is 0.429. The lowest BCUT2D eigenvalue weighted by atomic mass is 10.1. The van der Waals surface area contributed by atoms with E-state index in [0.29, 0.717) is 6.04 Å². The van der Waals surface area contributed by atoms with E-state index in [1.54, 1.807) is 16.3 Å². The standard InChI is InChI=1S/C14H18N4OS/c1-9-7-12(6-3-10(9)8-15-2)20-14-17-16-13(19)18(14)11-4-5-11/h3,6-7,11,15H,4-5,8H2,1-2H3,(H,16,19). The van der Waals surface area contributed by atoms with Gasteiger partial charge in [-0.05, 0) is 61.8 Å². The Kier molecular flexibility index (Phi) is 3.67. The summed E-state index contributed by atoms with van der Waals surface area (Å²) in [4.78, 5) is 12.9. The first-order valence-corrected chi connectivity index (χ1v) is 7.59. The summed E-state index contributed by atoms with van der Waals surface area (Å²) in [5, 5.41) is 10.6. The molecule has 1 saturated carbocycles. The second kappa shape index (κ2) is 5.46. The fourth-order valence-corrected chi connectivity index (χ4v) is 3.25. The molecule has 0 unspecified atom stereocenters. The molecule has 0 atom stereocenters. The lowest BCUT2D eigenvalue weighted by molar-refractivity contribution is 0.642. The van der Waals surface area contributed by atoms with Crippen molar-refractivity contribution in [3.63, 3.8) is 0 Å². The third kappa shape index (κ3) is 2.66. The molecule has 0 aliphatic heterocycles. The molecule has 106 valence electrons. The summed E-state index contributed by atoms with van der Waals surface area (Å²) < 4.78 is 1.78. The first kappa shape index (κ1) is 13.5. The van der Waals surface area contributed by atoms with Gasteiger partial charge < -0.3 is 5.32 Å². The zero-order chi connectivity index (χ0) is 14.1. The van der Waals surface area contributed by atoms with Gasteiger partial charge in [-0.2, -0.15) is 0 Å². The number of H-pyrrole nitrogens is 1. The van der Waals surface area contributed by atoms with Crippen LogP contribution in [0.2, 0.25) is 0 Å². The van der Waals surface area contributed by atoms with Crippen LogP contribution in [-0.2, 0) is 6.54 Å². The largest absolute Gasteiger partial charge is 0.344 e. The maximum absolute atomic E-state index is 11.7. The van der Waals surface area contributed by atoms with Crippen LogP contribution >= 0.6 is 11.8 Å². The summed E-state index contributed by atoms with van der Waals surface area (Å²) in [7, 11) is 1.94. The molecule has 0 amide bonds. The molecule has 1 fully saturated rings. The Labute approximate surface area is 121 Å². The predicted molar refractivity (Wildman–Crippen MR) is 79.2 cm³/mol. The van der Waals surface area contributed by atoms with Gasteiger partial charge in [-0.3, -0.25) is 4.57 Å². The van der Waals surface area contributed by atoms with Gasteiger partial charge in [0.05, 0.1) is 0 Å². The molecule has 1 aliphatic rings. The van der Waals surface area contributed by atoms with Crippen LogP contribution in [0.3, 0.4) is 0 Å². The smallest absolute Gasteiger partial charge is 0.316 e. The van der Waals surface area contributed by atoms with Crippen molar-refractivity contribution >= 4 is 11.8 Å². The van der Waals surface area contributed by atoms with Crippen molar-refractivity contribution in [1.82, 2.24) is 20.1 Å². The maximum atomic E-state index is 11.7. The van der Waals surface area contributed by atoms with Gasteiger partial charge in [-0.15, -0.1) is 5.10 Å². The minimum absolute atomic E-state index is 0.0986. The summed E-state index contributed by atoms with van der Waals surface area (Å²) in [5.74, 6) is 0. The Morgan fingerprint density at radius 1 is 1.50 bits per heavy atom. The molecule has 5 nitrogen and oxygen atoms in total. The minimum Gasteiger partial charge on any atom is -0.316 e. The van der Waals surface area contributed by atoms with Crippen molar-refractivity contribution < 1.29 is 0 Å². The summed E-state index contributed by atoms with van der Waals surface area (Å²) >= 11 is 1.54. The van der Waals surface area contributed by atoms with E-state index >= 15 is 0 Å². The average molecular weight is 290 g/mol. The lowest BCUT2D eigenvalue weighted by Gasteiger charge is -2.08. The van der Waals surface area contributed by atoms with Gasteiger partial charge in [-0.25, -0.2) is 9.89 Å².